The van der Waals surface area contributed by atoms with Crippen LogP contribution in [-0.2, 0) is 4.74 Å². The minimum Gasteiger partial charge on any atom is -0.497 e. The summed E-state index contributed by atoms with van der Waals surface area (Å²) in [6, 6.07) is 5.05. The SMILES string of the molecule is COc1ccc(OC)c(-n2c(O)c(/C=N/N3CCOCC3)c(=O)[nH]c2=S)c1. The fourth-order valence-corrected chi connectivity index (χ4v) is 2.94. The van der Waals surface area contributed by atoms with Gasteiger partial charge < -0.3 is 19.3 Å². The van der Waals surface area contributed by atoms with Gasteiger partial charge in [-0.25, -0.2) is 0 Å². The molecule has 2 N–H and O–H groups in total. The van der Waals surface area contributed by atoms with Crippen LogP contribution >= 0.6 is 12.2 Å². The van der Waals surface area contributed by atoms with Crippen LogP contribution in [-0.4, -0.2) is 66.4 Å². The third-order valence-electron chi connectivity index (χ3n) is 4.09. The van der Waals surface area contributed by atoms with Crippen LogP contribution in [0.5, 0.6) is 17.4 Å². The Labute approximate surface area is 160 Å². The Morgan fingerprint density at radius 2 is 2.04 bits per heavy atom. The molecule has 0 radical (unpaired) electrons. The zero-order chi connectivity index (χ0) is 19.4. The van der Waals surface area contributed by atoms with E-state index in [0.29, 0.717) is 43.5 Å². The van der Waals surface area contributed by atoms with Gasteiger partial charge in [-0.2, -0.15) is 5.10 Å². The van der Waals surface area contributed by atoms with E-state index in [4.69, 9.17) is 26.4 Å². The van der Waals surface area contributed by atoms with Gasteiger partial charge >= 0.3 is 0 Å². The molecule has 10 heteroatoms. The smallest absolute Gasteiger partial charge is 0.264 e. The number of rotatable bonds is 5. The van der Waals surface area contributed by atoms with Crippen molar-refractivity contribution in [2.45, 2.75) is 0 Å². The zero-order valence-electron chi connectivity index (χ0n) is 15.0. The summed E-state index contributed by atoms with van der Waals surface area (Å²) >= 11 is 5.24. The van der Waals surface area contributed by atoms with E-state index in [9.17, 15) is 9.90 Å². The molecule has 0 spiro atoms. The molecule has 1 aliphatic rings. The van der Waals surface area contributed by atoms with Crippen LogP contribution in [0.3, 0.4) is 0 Å². The van der Waals surface area contributed by atoms with Crippen LogP contribution < -0.4 is 15.0 Å². The molecule has 1 fully saturated rings. The van der Waals surface area contributed by atoms with Crippen molar-refractivity contribution in [3.63, 3.8) is 0 Å². The zero-order valence-corrected chi connectivity index (χ0v) is 15.8. The van der Waals surface area contributed by atoms with Crippen LogP contribution in [0.25, 0.3) is 5.69 Å². The predicted molar refractivity (Wildman–Crippen MR) is 102 cm³/mol. The number of methoxy groups -OCH3 is 2. The standard InChI is InChI=1S/C17H20N4O5S/c1-24-11-3-4-14(25-2)13(9-11)21-16(23)12(15(22)19-17(21)27)10-18-20-5-7-26-8-6-20/h3-4,9-10,23H,5-8H2,1-2H3,(H,19,22,27)/b18-10+. The third kappa shape index (κ3) is 3.96. The van der Waals surface area contributed by atoms with Gasteiger partial charge in [0.05, 0.1) is 52.4 Å². The number of aromatic nitrogens is 2. The molecule has 1 saturated heterocycles. The number of nitrogens with zero attached hydrogens (tertiary/aromatic N) is 3. The summed E-state index contributed by atoms with van der Waals surface area (Å²) in [5.74, 6) is 0.652. The molecule has 0 aliphatic carbocycles. The van der Waals surface area contributed by atoms with E-state index in [1.807, 2.05) is 0 Å². The topological polar surface area (TPSA) is 101 Å². The number of nitrogens with one attached hydrogen (secondary N) is 1. The van der Waals surface area contributed by atoms with Gasteiger partial charge in [0.2, 0.25) is 5.88 Å². The average Bonchev–Trinajstić information content (AvgIpc) is 2.68. The molecule has 27 heavy (non-hydrogen) atoms. The number of benzene rings is 1. The second-order valence-corrected chi connectivity index (χ2v) is 6.07. The minimum atomic E-state index is -0.535. The first-order valence-corrected chi connectivity index (χ1v) is 8.63. The molecule has 1 aromatic heterocycles. The highest BCUT2D eigenvalue weighted by atomic mass is 32.1. The molecule has 0 unspecified atom stereocenters. The Bertz CT molecular complexity index is 963. The third-order valence-corrected chi connectivity index (χ3v) is 4.37. The lowest BCUT2D eigenvalue weighted by Crippen LogP contribution is -2.32. The number of hydrazone groups is 1. The summed E-state index contributed by atoms with van der Waals surface area (Å²) in [7, 11) is 3.02. The Morgan fingerprint density at radius 1 is 1.30 bits per heavy atom. The highest BCUT2D eigenvalue weighted by Crippen LogP contribution is 2.30. The molecule has 144 valence electrons. The van der Waals surface area contributed by atoms with E-state index in [2.05, 4.69) is 10.1 Å². The van der Waals surface area contributed by atoms with Crippen molar-refractivity contribution in [1.29, 1.82) is 0 Å². The molecular formula is C17H20N4O5S. The number of morpholine rings is 1. The quantitative estimate of drug-likeness (QED) is 0.584. The van der Waals surface area contributed by atoms with Crippen LogP contribution in [0.4, 0.5) is 0 Å². The number of aromatic amines is 1. The van der Waals surface area contributed by atoms with Crippen molar-refractivity contribution in [2.24, 2.45) is 5.10 Å². The molecule has 0 saturated carbocycles. The van der Waals surface area contributed by atoms with Gasteiger partial charge in [-0.15, -0.1) is 0 Å². The maximum Gasteiger partial charge on any atom is 0.264 e. The van der Waals surface area contributed by atoms with Gasteiger partial charge in [0.25, 0.3) is 5.56 Å². The molecule has 9 nitrogen and oxygen atoms in total. The van der Waals surface area contributed by atoms with E-state index in [0.717, 1.165) is 0 Å². The van der Waals surface area contributed by atoms with Gasteiger partial charge in [0, 0.05) is 6.07 Å². The normalized spacial score (nSPS) is 14.5. The van der Waals surface area contributed by atoms with Crippen molar-refractivity contribution in [3.8, 4) is 23.1 Å². The van der Waals surface area contributed by atoms with E-state index >= 15 is 0 Å². The fourth-order valence-electron chi connectivity index (χ4n) is 2.66. The number of ether oxygens (including phenoxy) is 3. The molecular weight excluding hydrogens is 372 g/mol. The van der Waals surface area contributed by atoms with Crippen molar-refractivity contribution in [3.05, 3.63) is 38.9 Å². The molecule has 0 bridgehead atoms. The number of hydrogen-bond acceptors (Lipinski definition) is 8. The molecule has 2 aromatic rings. The maximum atomic E-state index is 12.3. The Morgan fingerprint density at radius 3 is 2.70 bits per heavy atom. The number of H-pyrrole nitrogens is 1. The average molecular weight is 392 g/mol. The molecule has 2 heterocycles. The van der Waals surface area contributed by atoms with Gasteiger partial charge in [-0.05, 0) is 24.4 Å². The second-order valence-electron chi connectivity index (χ2n) is 5.68. The number of hydrogen-bond donors (Lipinski definition) is 2. The molecule has 1 aromatic carbocycles. The van der Waals surface area contributed by atoms with Crippen molar-refractivity contribution in [2.75, 3.05) is 40.5 Å². The Kier molecular flexibility index (Phi) is 5.77. The van der Waals surface area contributed by atoms with E-state index in [-0.39, 0.29) is 16.2 Å². The van der Waals surface area contributed by atoms with Crippen LogP contribution in [0, 0.1) is 4.77 Å². The van der Waals surface area contributed by atoms with Gasteiger partial charge in [0.15, 0.2) is 4.77 Å². The molecule has 3 rings (SSSR count). The van der Waals surface area contributed by atoms with Crippen molar-refractivity contribution in [1.82, 2.24) is 14.6 Å². The summed E-state index contributed by atoms with van der Waals surface area (Å²) in [6.45, 7) is 2.34. The summed E-state index contributed by atoms with van der Waals surface area (Å²) in [4.78, 5) is 14.9. The van der Waals surface area contributed by atoms with Crippen LogP contribution in [0.1, 0.15) is 5.56 Å². The van der Waals surface area contributed by atoms with Crippen molar-refractivity contribution < 1.29 is 19.3 Å². The first-order valence-electron chi connectivity index (χ1n) is 8.22. The maximum absolute atomic E-state index is 12.3. The lowest BCUT2D eigenvalue weighted by Gasteiger charge is -2.23. The first kappa shape index (κ1) is 18.9. The Balaban J connectivity index is 2.11. The van der Waals surface area contributed by atoms with E-state index < -0.39 is 5.56 Å². The fraction of sp³-hybridized carbons (Fsp3) is 0.353. The second kappa shape index (κ2) is 8.23. The highest BCUT2D eigenvalue weighted by molar-refractivity contribution is 7.71. The van der Waals surface area contributed by atoms with Gasteiger partial charge in [-0.1, -0.05) is 0 Å². The molecule has 1 aliphatic heterocycles. The van der Waals surface area contributed by atoms with Gasteiger partial charge in [0.1, 0.15) is 17.1 Å². The highest BCUT2D eigenvalue weighted by Gasteiger charge is 2.17. The summed E-state index contributed by atoms with van der Waals surface area (Å²) < 4.78 is 17.2. The lowest BCUT2D eigenvalue weighted by atomic mass is 10.2. The molecule has 0 atom stereocenters. The monoisotopic (exact) mass is 392 g/mol. The van der Waals surface area contributed by atoms with Crippen LogP contribution in [0.15, 0.2) is 28.1 Å². The lowest BCUT2D eigenvalue weighted by molar-refractivity contribution is 0.0396. The summed E-state index contributed by atoms with van der Waals surface area (Å²) in [5.41, 5.74) is -0.121. The van der Waals surface area contributed by atoms with Crippen LogP contribution in [0.2, 0.25) is 0 Å². The summed E-state index contributed by atoms with van der Waals surface area (Å²) in [6.07, 6.45) is 1.32. The minimum absolute atomic E-state index is 0.0139. The molecule has 0 amide bonds. The van der Waals surface area contributed by atoms with E-state index in [1.54, 1.807) is 23.2 Å². The van der Waals surface area contributed by atoms with E-state index in [1.165, 1.54) is 25.0 Å². The van der Waals surface area contributed by atoms with Crippen molar-refractivity contribution >= 4 is 18.4 Å². The number of aromatic hydroxyl groups is 1. The largest absolute Gasteiger partial charge is 0.497 e. The summed E-state index contributed by atoms with van der Waals surface area (Å²) in [5, 5.41) is 16.8. The first-order chi connectivity index (χ1) is 13.0. The predicted octanol–water partition coefficient (Wildman–Crippen LogP) is 1.28. The van der Waals surface area contributed by atoms with Gasteiger partial charge in [-0.3, -0.25) is 19.4 Å². The Hall–Kier alpha value is -2.85.